The molecule has 0 aromatic carbocycles. The highest BCUT2D eigenvalue weighted by atomic mass is 19.4. The number of halogens is 3. The Bertz CT molecular complexity index is 254. The van der Waals surface area contributed by atoms with E-state index in [4.69, 9.17) is 0 Å². The largest absolute Gasteiger partial charge is 0.471 e. The summed E-state index contributed by atoms with van der Waals surface area (Å²) in [6, 6.07) is -0.809. The summed E-state index contributed by atoms with van der Waals surface area (Å²) in [5, 5.41) is 9.19. The van der Waals surface area contributed by atoms with Gasteiger partial charge in [0.1, 0.15) is 0 Å². The number of carbonyl (C=O) groups excluding carboxylic acids is 1. The monoisotopic (exact) mass is 209 g/mol. The van der Waals surface area contributed by atoms with E-state index in [1.165, 1.54) is 0 Å². The Balaban J connectivity index is 2.05. The normalized spacial score (nSPS) is 36.6. The molecule has 0 spiro atoms. The number of piperidine rings is 1. The smallest absolute Gasteiger partial charge is 0.393 e. The lowest BCUT2D eigenvalue weighted by atomic mass is 9.78. The Labute approximate surface area is 78.5 Å². The molecular formula is C8H10F3NO2. The maximum Gasteiger partial charge on any atom is 0.471 e. The Morgan fingerprint density at radius 2 is 1.71 bits per heavy atom. The molecule has 0 aromatic heterocycles. The quantitative estimate of drug-likeness (QED) is 0.637. The average molecular weight is 209 g/mol. The van der Waals surface area contributed by atoms with Crippen molar-refractivity contribution in [2.75, 3.05) is 0 Å². The highest BCUT2D eigenvalue weighted by Gasteiger charge is 2.54. The van der Waals surface area contributed by atoms with Crippen molar-refractivity contribution in [2.24, 2.45) is 0 Å². The molecule has 1 amide bonds. The third-order valence-corrected chi connectivity index (χ3v) is 2.90. The van der Waals surface area contributed by atoms with Gasteiger partial charge < -0.3 is 10.0 Å². The molecule has 1 N–H and O–H groups in total. The van der Waals surface area contributed by atoms with Crippen molar-refractivity contribution < 1.29 is 23.1 Å². The molecule has 0 aromatic rings. The van der Waals surface area contributed by atoms with E-state index in [-0.39, 0.29) is 12.8 Å². The van der Waals surface area contributed by atoms with Crippen LogP contribution in [-0.2, 0) is 4.79 Å². The highest BCUT2D eigenvalue weighted by molar-refractivity contribution is 5.83. The van der Waals surface area contributed by atoms with Crippen molar-refractivity contribution in [1.29, 1.82) is 0 Å². The lowest BCUT2D eigenvalue weighted by molar-refractivity contribution is -0.205. The molecule has 3 rings (SSSR count). The average Bonchev–Trinajstić information content (AvgIpc) is 2.01. The van der Waals surface area contributed by atoms with E-state index in [1.54, 1.807) is 0 Å². The number of aliphatic hydroxyl groups is 1. The molecule has 2 bridgehead atoms. The summed E-state index contributed by atoms with van der Waals surface area (Å²) in [5.74, 6) is -1.76. The van der Waals surface area contributed by atoms with Crippen LogP contribution < -0.4 is 0 Å². The van der Waals surface area contributed by atoms with E-state index in [2.05, 4.69) is 0 Å². The van der Waals surface area contributed by atoms with Gasteiger partial charge in [-0.05, 0) is 19.3 Å². The molecule has 0 radical (unpaired) electrons. The topological polar surface area (TPSA) is 40.5 Å². The number of fused-ring (bicyclic) bond motifs is 2. The standard InChI is InChI=1S/C8H10F3NO2/c9-8(10,11)7(14)12-4-1-5(12)3-6(13)2-4/h4-6,13H,1-3H2/t4-,5+,6?. The summed E-state index contributed by atoms with van der Waals surface area (Å²) in [6.07, 6.45) is -4.18. The van der Waals surface area contributed by atoms with Crippen LogP contribution in [0.5, 0.6) is 0 Å². The number of hydrogen-bond acceptors (Lipinski definition) is 2. The van der Waals surface area contributed by atoms with Crippen LogP contribution in [0.3, 0.4) is 0 Å². The van der Waals surface area contributed by atoms with Gasteiger partial charge in [0, 0.05) is 12.1 Å². The van der Waals surface area contributed by atoms with Crippen LogP contribution in [0.15, 0.2) is 0 Å². The first-order valence-electron chi connectivity index (χ1n) is 4.47. The SMILES string of the molecule is O=C(N1[C@@H]2CC(O)C[C@H]1C2)C(F)(F)F. The van der Waals surface area contributed by atoms with Crippen molar-refractivity contribution in [3.63, 3.8) is 0 Å². The Kier molecular flexibility index (Phi) is 1.99. The molecule has 1 aliphatic carbocycles. The van der Waals surface area contributed by atoms with Gasteiger partial charge in [-0.2, -0.15) is 13.2 Å². The predicted octanol–water partition coefficient (Wildman–Crippen LogP) is 0.673. The summed E-state index contributed by atoms with van der Waals surface area (Å²) in [7, 11) is 0. The van der Waals surface area contributed by atoms with Crippen molar-refractivity contribution in [3.05, 3.63) is 0 Å². The number of carbonyl (C=O) groups is 1. The fourth-order valence-corrected chi connectivity index (χ4v) is 2.32. The zero-order valence-corrected chi connectivity index (χ0v) is 7.29. The first-order chi connectivity index (χ1) is 6.39. The van der Waals surface area contributed by atoms with Crippen LogP contribution >= 0.6 is 0 Å². The molecule has 1 unspecified atom stereocenters. The summed E-state index contributed by atoms with van der Waals surface area (Å²) in [6.45, 7) is 0. The molecule has 1 saturated carbocycles. The second-order valence-corrected chi connectivity index (χ2v) is 3.88. The molecule has 2 heterocycles. The minimum absolute atomic E-state index is 0.276. The van der Waals surface area contributed by atoms with Gasteiger partial charge in [-0.3, -0.25) is 4.79 Å². The van der Waals surface area contributed by atoms with E-state index in [9.17, 15) is 23.1 Å². The highest BCUT2D eigenvalue weighted by Crippen LogP contribution is 2.40. The summed E-state index contributed by atoms with van der Waals surface area (Å²) in [4.78, 5) is 11.8. The number of alkyl halides is 3. The maximum absolute atomic E-state index is 12.1. The van der Waals surface area contributed by atoms with Crippen molar-refractivity contribution >= 4 is 5.91 Å². The zero-order valence-electron chi connectivity index (χ0n) is 7.29. The van der Waals surface area contributed by atoms with Crippen LogP contribution in [0.1, 0.15) is 19.3 Å². The summed E-state index contributed by atoms with van der Waals surface area (Å²) < 4.78 is 36.2. The van der Waals surface area contributed by atoms with E-state index in [0.29, 0.717) is 6.42 Å². The van der Waals surface area contributed by atoms with Crippen LogP contribution in [0.25, 0.3) is 0 Å². The maximum atomic E-state index is 12.1. The van der Waals surface area contributed by atoms with E-state index >= 15 is 0 Å². The lowest BCUT2D eigenvalue weighted by Crippen LogP contribution is -2.66. The van der Waals surface area contributed by atoms with Gasteiger partial charge in [0.15, 0.2) is 0 Å². The molecule has 3 nitrogen and oxygen atoms in total. The second-order valence-electron chi connectivity index (χ2n) is 3.88. The van der Waals surface area contributed by atoms with Gasteiger partial charge >= 0.3 is 12.1 Å². The molecule has 14 heavy (non-hydrogen) atoms. The first kappa shape index (κ1) is 9.76. The summed E-state index contributed by atoms with van der Waals surface area (Å²) >= 11 is 0. The third-order valence-electron chi connectivity index (χ3n) is 2.90. The fraction of sp³-hybridized carbons (Fsp3) is 0.875. The summed E-state index contributed by atoms with van der Waals surface area (Å²) in [5.41, 5.74) is 0. The lowest BCUT2D eigenvalue weighted by Gasteiger charge is -2.54. The molecule has 3 atom stereocenters. The van der Waals surface area contributed by atoms with Crippen molar-refractivity contribution in [2.45, 2.75) is 43.6 Å². The predicted molar refractivity (Wildman–Crippen MR) is 40.3 cm³/mol. The van der Waals surface area contributed by atoms with Gasteiger partial charge in [0.25, 0.3) is 0 Å². The molecule has 6 heteroatoms. The fourth-order valence-electron chi connectivity index (χ4n) is 2.32. The molecular weight excluding hydrogens is 199 g/mol. The number of nitrogens with zero attached hydrogens (tertiary/aromatic N) is 1. The van der Waals surface area contributed by atoms with E-state index in [1.807, 2.05) is 0 Å². The van der Waals surface area contributed by atoms with Gasteiger partial charge in [0.05, 0.1) is 6.10 Å². The molecule has 2 saturated heterocycles. The number of rotatable bonds is 0. The van der Waals surface area contributed by atoms with Crippen molar-refractivity contribution in [1.82, 2.24) is 4.90 Å². The van der Waals surface area contributed by atoms with Crippen LogP contribution in [-0.4, -0.2) is 40.3 Å². The van der Waals surface area contributed by atoms with Crippen LogP contribution in [0, 0.1) is 0 Å². The number of hydrogen-bond donors (Lipinski definition) is 1. The van der Waals surface area contributed by atoms with E-state index in [0.717, 1.165) is 4.90 Å². The van der Waals surface area contributed by atoms with Gasteiger partial charge in [0.2, 0.25) is 0 Å². The number of aliphatic hydroxyl groups excluding tert-OH is 1. The Morgan fingerprint density at radius 1 is 1.21 bits per heavy atom. The van der Waals surface area contributed by atoms with Gasteiger partial charge in [-0.25, -0.2) is 0 Å². The molecule has 3 aliphatic rings. The molecule has 2 aliphatic heterocycles. The Hall–Kier alpha value is -0.780. The van der Waals surface area contributed by atoms with Crippen LogP contribution in [0.2, 0.25) is 0 Å². The zero-order chi connectivity index (χ0) is 10.5. The minimum atomic E-state index is -4.78. The van der Waals surface area contributed by atoms with Gasteiger partial charge in [-0.15, -0.1) is 0 Å². The Morgan fingerprint density at radius 3 is 2.14 bits per heavy atom. The number of amides is 1. The second kappa shape index (κ2) is 2.85. The molecule has 3 fully saturated rings. The third kappa shape index (κ3) is 1.37. The molecule has 80 valence electrons. The first-order valence-corrected chi connectivity index (χ1v) is 4.47. The van der Waals surface area contributed by atoms with Crippen molar-refractivity contribution in [3.8, 4) is 0 Å². The van der Waals surface area contributed by atoms with Crippen LogP contribution in [0.4, 0.5) is 13.2 Å². The van der Waals surface area contributed by atoms with Gasteiger partial charge in [-0.1, -0.05) is 0 Å². The minimum Gasteiger partial charge on any atom is -0.393 e. The van der Waals surface area contributed by atoms with E-state index < -0.39 is 30.3 Å².